The van der Waals surface area contributed by atoms with Crippen LogP contribution in [0.25, 0.3) is 0 Å². The van der Waals surface area contributed by atoms with Gasteiger partial charge in [-0.3, -0.25) is 4.79 Å². The fourth-order valence-corrected chi connectivity index (χ4v) is 4.84. The number of fused-ring (bicyclic) bond motifs is 1. The molecule has 0 radical (unpaired) electrons. The fraction of sp³-hybridized carbons (Fsp3) is 0.250. The van der Waals surface area contributed by atoms with Gasteiger partial charge in [0.1, 0.15) is 5.25 Å². The van der Waals surface area contributed by atoms with Crippen molar-refractivity contribution >= 4 is 33.5 Å². The largest absolute Gasteiger partial charge is 0.313 e. The van der Waals surface area contributed by atoms with Crippen molar-refractivity contribution in [2.75, 3.05) is 5.43 Å². The molecule has 1 aliphatic carbocycles. The molecule has 1 aliphatic heterocycles. The molecule has 2 aromatic carbocycles. The number of hydrogen-bond donors (Lipinski definition) is 1. The number of aromatic nitrogens is 3. The first-order chi connectivity index (χ1) is 14.0. The molecule has 3 aromatic rings. The zero-order valence-electron chi connectivity index (χ0n) is 15.0. The molecule has 148 valence electrons. The summed E-state index contributed by atoms with van der Waals surface area (Å²) in [5.41, 5.74) is 4.43. The number of nitrogens with zero attached hydrogens (tertiary/aromatic N) is 3. The molecule has 0 amide bonds. The third-order valence-electron chi connectivity index (χ3n) is 5.10. The van der Waals surface area contributed by atoms with Crippen LogP contribution in [-0.4, -0.2) is 25.9 Å². The highest BCUT2D eigenvalue weighted by Gasteiger charge is 2.40. The molecule has 1 aromatic heterocycles. The number of thioether (sulfide) groups is 1. The third-order valence-corrected chi connectivity index (χ3v) is 6.84. The minimum absolute atomic E-state index is 0.126. The van der Waals surface area contributed by atoms with Crippen LogP contribution in [0, 0.1) is 11.6 Å². The van der Waals surface area contributed by atoms with E-state index in [0.717, 1.165) is 40.8 Å². The lowest BCUT2D eigenvalue weighted by molar-refractivity contribution is 0.0979. The molecular weight excluding hydrogens is 462 g/mol. The van der Waals surface area contributed by atoms with Crippen LogP contribution in [0.4, 0.5) is 8.78 Å². The van der Waals surface area contributed by atoms with Gasteiger partial charge in [-0.2, -0.15) is 0 Å². The van der Waals surface area contributed by atoms with Crippen molar-refractivity contribution in [3.63, 3.8) is 0 Å². The van der Waals surface area contributed by atoms with E-state index in [-0.39, 0.29) is 17.4 Å². The zero-order chi connectivity index (χ0) is 20.1. The number of halogens is 3. The molecule has 5 rings (SSSR count). The van der Waals surface area contributed by atoms with Gasteiger partial charge in [0.2, 0.25) is 5.16 Å². The zero-order valence-corrected chi connectivity index (χ0v) is 17.4. The molecule has 5 nitrogen and oxygen atoms in total. The Morgan fingerprint density at radius 1 is 1.10 bits per heavy atom. The molecule has 1 N–H and O–H groups in total. The summed E-state index contributed by atoms with van der Waals surface area (Å²) >= 11 is 4.72. The van der Waals surface area contributed by atoms with Gasteiger partial charge in [0.05, 0.1) is 6.04 Å². The van der Waals surface area contributed by atoms with Crippen LogP contribution < -0.4 is 5.43 Å². The molecule has 1 fully saturated rings. The first kappa shape index (κ1) is 18.7. The maximum Gasteiger partial charge on any atom is 0.210 e. The number of ketones is 1. The summed E-state index contributed by atoms with van der Waals surface area (Å²) in [7, 11) is 0. The number of carbonyl (C=O) groups is 1. The first-order valence-electron chi connectivity index (χ1n) is 9.14. The van der Waals surface area contributed by atoms with E-state index in [2.05, 4.69) is 31.6 Å². The Kier molecular flexibility index (Phi) is 4.66. The summed E-state index contributed by atoms with van der Waals surface area (Å²) in [4.78, 5) is 13.3. The second-order valence-corrected chi connectivity index (χ2v) is 9.16. The average molecular weight is 477 g/mol. The summed E-state index contributed by atoms with van der Waals surface area (Å²) in [6.45, 7) is 0. The highest BCUT2D eigenvalue weighted by atomic mass is 79.9. The van der Waals surface area contributed by atoms with Gasteiger partial charge in [0.25, 0.3) is 0 Å². The minimum Gasteiger partial charge on any atom is -0.313 e. The quantitative estimate of drug-likeness (QED) is 0.546. The summed E-state index contributed by atoms with van der Waals surface area (Å²) in [6.07, 6.45) is 2.15. The first-order valence-corrected chi connectivity index (χ1v) is 10.8. The Bertz CT molecular complexity index is 1100. The lowest BCUT2D eigenvalue weighted by atomic mass is 9.97. The van der Waals surface area contributed by atoms with E-state index >= 15 is 0 Å². The van der Waals surface area contributed by atoms with Crippen LogP contribution >= 0.6 is 27.7 Å². The number of Topliss-reactive ketones (excluding diaryl/α,β-unsaturated/α-hetero) is 1. The fourth-order valence-electron chi connectivity index (χ4n) is 3.41. The Morgan fingerprint density at radius 3 is 2.55 bits per heavy atom. The van der Waals surface area contributed by atoms with Crippen LogP contribution in [0.1, 0.15) is 46.5 Å². The predicted octanol–water partition coefficient (Wildman–Crippen LogP) is 4.84. The van der Waals surface area contributed by atoms with E-state index in [0.29, 0.717) is 11.1 Å². The van der Waals surface area contributed by atoms with E-state index < -0.39 is 16.9 Å². The van der Waals surface area contributed by atoms with Crippen molar-refractivity contribution in [3.8, 4) is 0 Å². The predicted molar refractivity (Wildman–Crippen MR) is 109 cm³/mol. The van der Waals surface area contributed by atoms with E-state index in [9.17, 15) is 13.6 Å². The van der Waals surface area contributed by atoms with Crippen molar-refractivity contribution in [2.45, 2.75) is 35.2 Å². The average Bonchev–Trinajstić information content (AvgIpc) is 3.48. The minimum atomic E-state index is -1.04. The van der Waals surface area contributed by atoms with Crippen LogP contribution in [0.3, 0.4) is 0 Å². The molecule has 2 heterocycles. The smallest absolute Gasteiger partial charge is 0.210 e. The molecule has 0 spiro atoms. The number of carbonyl (C=O) groups excluding carboxylic acids is 1. The highest BCUT2D eigenvalue weighted by Crippen LogP contribution is 2.44. The summed E-state index contributed by atoms with van der Waals surface area (Å²) < 4.78 is 29.9. The molecule has 0 unspecified atom stereocenters. The van der Waals surface area contributed by atoms with Crippen molar-refractivity contribution in [1.82, 2.24) is 14.9 Å². The number of benzene rings is 2. The van der Waals surface area contributed by atoms with Crippen molar-refractivity contribution < 1.29 is 13.6 Å². The maximum atomic E-state index is 13.7. The third kappa shape index (κ3) is 3.46. The Morgan fingerprint density at radius 2 is 1.86 bits per heavy atom. The van der Waals surface area contributed by atoms with Crippen LogP contribution in [0.5, 0.6) is 0 Å². The second-order valence-electron chi connectivity index (χ2n) is 7.14. The SMILES string of the molecule is O=C(c1ccc(F)c(F)c1)[C@H]1Sc2nnc(C3CC3)n2N[C@H]1c1ccc(Br)cc1. The molecule has 2 aliphatic rings. The van der Waals surface area contributed by atoms with Crippen LogP contribution in [-0.2, 0) is 0 Å². The molecule has 29 heavy (non-hydrogen) atoms. The lowest BCUT2D eigenvalue weighted by Crippen LogP contribution is -2.39. The van der Waals surface area contributed by atoms with E-state index in [1.807, 2.05) is 28.9 Å². The normalized spacial score (nSPS) is 20.8. The van der Waals surface area contributed by atoms with Gasteiger partial charge in [-0.15, -0.1) is 10.2 Å². The van der Waals surface area contributed by atoms with Gasteiger partial charge in [-0.1, -0.05) is 39.8 Å². The summed E-state index contributed by atoms with van der Waals surface area (Å²) in [5, 5.41) is 8.52. The van der Waals surface area contributed by atoms with Crippen LogP contribution in [0.2, 0.25) is 0 Å². The Labute approximate surface area is 178 Å². The van der Waals surface area contributed by atoms with Crippen molar-refractivity contribution in [3.05, 3.63) is 75.5 Å². The van der Waals surface area contributed by atoms with E-state index in [1.165, 1.54) is 17.8 Å². The highest BCUT2D eigenvalue weighted by molar-refractivity contribution is 9.10. The summed E-state index contributed by atoms with van der Waals surface area (Å²) in [6, 6.07) is 10.5. The van der Waals surface area contributed by atoms with Gasteiger partial charge in [-0.05, 0) is 48.7 Å². The molecule has 0 bridgehead atoms. The van der Waals surface area contributed by atoms with E-state index in [1.54, 1.807) is 0 Å². The van der Waals surface area contributed by atoms with Gasteiger partial charge < -0.3 is 5.43 Å². The van der Waals surface area contributed by atoms with Gasteiger partial charge in [0, 0.05) is 16.0 Å². The number of hydrogen-bond acceptors (Lipinski definition) is 5. The standard InChI is InChI=1S/C20H15BrF2N4OS/c21-13-6-3-10(4-7-13)16-18(17(28)12-5-8-14(22)15(23)9-12)29-20-25-24-19(11-1-2-11)27(20)26-16/h3-9,11,16,18,26H,1-2H2/t16-,18-/m0/s1. The Balaban J connectivity index is 1.55. The monoisotopic (exact) mass is 476 g/mol. The van der Waals surface area contributed by atoms with Crippen molar-refractivity contribution in [1.29, 1.82) is 0 Å². The second kappa shape index (κ2) is 7.21. The van der Waals surface area contributed by atoms with Gasteiger partial charge >= 0.3 is 0 Å². The van der Waals surface area contributed by atoms with Gasteiger partial charge in [0.15, 0.2) is 23.2 Å². The lowest BCUT2D eigenvalue weighted by Gasteiger charge is -2.33. The molecule has 1 saturated carbocycles. The molecule has 2 atom stereocenters. The molecular formula is C20H15BrF2N4OS. The van der Waals surface area contributed by atoms with Gasteiger partial charge in [-0.25, -0.2) is 13.5 Å². The van der Waals surface area contributed by atoms with Crippen LogP contribution in [0.15, 0.2) is 52.1 Å². The number of nitrogens with one attached hydrogen (secondary N) is 1. The molecule has 0 saturated heterocycles. The maximum absolute atomic E-state index is 13.7. The Hall–Kier alpha value is -2.26. The molecule has 9 heteroatoms. The summed E-state index contributed by atoms with van der Waals surface area (Å²) in [5.74, 6) is -1.06. The topological polar surface area (TPSA) is 59.8 Å². The van der Waals surface area contributed by atoms with E-state index in [4.69, 9.17) is 0 Å². The number of rotatable bonds is 4. The van der Waals surface area contributed by atoms with Crippen molar-refractivity contribution in [2.24, 2.45) is 0 Å².